The third kappa shape index (κ3) is 5.79. The largest absolute Gasteiger partial charge is 0.343 e. The first-order valence-corrected chi connectivity index (χ1v) is 13.3. The van der Waals surface area contributed by atoms with Gasteiger partial charge in [-0.25, -0.2) is 0 Å². The number of nitro groups is 2. The molecule has 40 heavy (non-hydrogen) atoms. The van der Waals surface area contributed by atoms with E-state index >= 15 is 0 Å². The van der Waals surface area contributed by atoms with E-state index in [1.54, 1.807) is 24.3 Å². The van der Waals surface area contributed by atoms with Crippen molar-refractivity contribution in [3.8, 4) is 0 Å². The fraction of sp³-hybridized carbons (Fsp3) is 0.0968. The van der Waals surface area contributed by atoms with Gasteiger partial charge < -0.3 is 9.13 Å². The van der Waals surface area contributed by atoms with Crippen LogP contribution in [-0.4, -0.2) is 19.0 Å². The Balaban J connectivity index is 0.000000161. The third-order valence-corrected chi connectivity index (χ3v) is 7.25. The Hall–Kier alpha value is -4.76. The lowest BCUT2D eigenvalue weighted by atomic mass is 10.1. The fourth-order valence-electron chi connectivity index (χ4n) is 4.87. The molecule has 9 heteroatoms. The van der Waals surface area contributed by atoms with E-state index in [9.17, 15) is 20.2 Å². The summed E-state index contributed by atoms with van der Waals surface area (Å²) in [5, 5.41) is 23.5. The van der Waals surface area contributed by atoms with Crippen LogP contribution in [0.2, 0.25) is 0 Å². The van der Waals surface area contributed by atoms with Crippen LogP contribution in [0.4, 0.5) is 11.4 Å². The summed E-state index contributed by atoms with van der Waals surface area (Å²) in [6, 6.07) is 30.5. The first-order valence-electron chi connectivity index (χ1n) is 12.5. The Morgan fingerprint density at radius 2 is 1.10 bits per heavy atom. The predicted octanol–water partition coefficient (Wildman–Crippen LogP) is 8.27. The van der Waals surface area contributed by atoms with Crippen LogP contribution in [-0.2, 0) is 13.1 Å². The van der Waals surface area contributed by atoms with Crippen molar-refractivity contribution in [2.75, 3.05) is 0 Å². The number of fused-ring (bicyclic) bond motifs is 2. The quantitative estimate of drug-likeness (QED) is 0.143. The molecule has 0 aliphatic carbocycles. The average Bonchev–Trinajstić information content (AvgIpc) is 3.54. The molecule has 0 aliphatic heterocycles. The smallest absolute Gasteiger partial charge is 0.271 e. The van der Waals surface area contributed by atoms with Gasteiger partial charge >= 0.3 is 0 Å². The summed E-state index contributed by atoms with van der Waals surface area (Å²) in [6.45, 7) is 3.42. The second-order valence-electron chi connectivity index (χ2n) is 9.44. The van der Waals surface area contributed by atoms with Crippen LogP contribution in [0, 0.1) is 27.2 Å². The van der Waals surface area contributed by atoms with Crippen LogP contribution in [0.25, 0.3) is 21.8 Å². The maximum atomic E-state index is 10.9. The number of halogens is 1. The number of nitro benzene ring substituents is 2. The summed E-state index contributed by atoms with van der Waals surface area (Å²) < 4.78 is 4.95. The van der Waals surface area contributed by atoms with Crippen molar-refractivity contribution < 1.29 is 9.85 Å². The van der Waals surface area contributed by atoms with E-state index < -0.39 is 0 Å². The molecule has 0 bridgehead atoms. The zero-order valence-corrected chi connectivity index (χ0v) is 23.2. The molecule has 200 valence electrons. The standard InChI is InChI=1S/C16H14N2O2.C15H11BrN2O2/c1-12-9-15(18(19)20)10-14-7-8-17(16(12)14)11-13-5-3-2-4-6-13;16-14-9-13(18(19)20)8-12-6-7-17(15(12)14)10-11-4-2-1-3-5-11/h2-10H,11H2,1H3;1-9H,10H2. The van der Waals surface area contributed by atoms with E-state index in [4.69, 9.17) is 0 Å². The molecule has 8 nitrogen and oxygen atoms in total. The summed E-state index contributed by atoms with van der Waals surface area (Å²) in [5.74, 6) is 0. The van der Waals surface area contributed by atoms with Gasteiger partial charge in [0.25, 0.3) is 11.4 Å². The van der Waals surface area contributed by atoms with Crippen LogP contribution < -0.4 is 0 Å². The normalized spacial score (nSPS) is 10.8. The van der Waals surface area contributed by atoms with Gasteiger partial charge in [0.1, 0.15) is 0 Å². The van der Waals surface area contributed by atoms with Gasteiger partial charge in [0.05, 0.1) is 20.9 Å². The van der Waals surface area contributed by atoms with E-state index in [1.807, 2.05) is 67.8 Å². The lowest BCUT2D eigenvalue weighted by molar-refractivity contribution is -0.384. The minimum atomic E-state index is -0.376. The highest BCUT2D eigenvalue weighted by Crippen LogP contribution is 2.31. The van der Waals surface area contributed by atoms with Crippen LogP contribution >= 0.6 is 15.9 Å². The zero-order chi connectivity index (χ0) is 28.2. The number of non-ortho nitro benzene ring substituents is 2. The van der Waals surface area contributed by atoms with Crippen LogP contribution in [0.1, 0.15) is 16.7 Å². The van der Waals surface area contributed by atoms with E-state index in [-0.39, 0.29) is 21.2 Å². The predicted molar refractivity (Wildman–Crippen MR) is 161 cm³/mol. The lowest BCUT2D eigenvalue weighted by Crippen LogP contribution is -1.99. The number of rotatable bonds is 6. The molecule has 6 rings (SSSR count). The van der Waals surface area contributed by atoms with Gasteiger partial charge in [-0.3, -0.25) is 20.2 Å². The van der Waals surface area contributed by atoms with Gasteiger partial charge in [-0.05, 0) is 51.7 Å². The molecule has 0 atom stereocenters. The maximum Gasteiger partial charge on any atom is 0.271 e. The second-order valence-corrected chi connectivity index (χ2v) is 10.3. The Morgan fingerprint density at radius 3 is 1.60 bits per heavy atom. The Morgan fingerprint density at radius 1 is 0.650 bits per heavy atom. The first-order chi connectivity index (χ1) is 19.3. The molecule has 0 spiro atoms. The third-order valence-electron chi connectivity index (χ3n) is 6.65. The van der Waals surface area contributed by atoms with Crippen LogP contribution in [0.15, 0.2) is 114 Å². The summed E-state index contributed by atoms with van der Waals surface area (Å²) >= 11 is 3.43. The van der Waals surface area contributed by atoms with Crippen molar-refractivity contribution in [2.45, 2.75) is 20.0 Å². The minimum Gasteiger partial charge on any atom is -0.343 e. The number of hydrogen-bond acceptors (Lipinski definition) is 4. The Bertz CT molecular complexity index is 1690. The molecule has 0 amide bonds. The molecule has 0 fully saturated rings. The number of benzene rings is 4. The van der Waals surface area contributed by atoms with Crippen molar-refractivity contribution in [1.29, 1.82) is 0 Å². The summed E-state index contributed by atoms with van der Waals surface area (Å²) in [4.78, 5) is 21.0. The summed E-state index contributed by atoms with van der Waals surface area (Å²) in [7, 11) is 0. The highest BCUT2D eigenvalue weighted by molar-refractivity contribution is 9.10. The lowest BCUT2D eigenvalue weighted by Gasteiger charge is -2.08. The number of nitrogens with zero attached hydrogens (tertiary/aromatic N) is 4. The molecule has 2 heterocycles. The van der Waals surface area contributed by atoms with E-state index in [0.29, 0.717) is 0 Å². The van der Waals surface area contributed by atoms with Crippen molar-refractivity contribution in [1.82, 2.24) is 9.13 Å². The van der Waals surface area contributed by atoms with Crippen LogP contribution in [0.3, 0.4) is 0 Å². The monoisotopic (exact) mass is 596 g/mol. The average molecular weight is 597 g/mol. The minimum absolute atomic E-state index is 0.0989. The second kappa shape index (κ2) is 11.5. The van der Waals surface area contributed by atoms with E-state index in [1.165, 1.54) is 11.1 Å². The molecule has 0 saturated carbocycles. The number of aryl methyl sites for hydroxylation is 1. The van der Waals surface area contributed by atoms with Gasteiger partial charge in [0.2, 0.25) is 0 Å². The van der Waals surface area contributed by atoms with Crippen molar-refractivity contribution >= 4 is 49.1 Å². The summed E-state index contributed by atoms with van der Waals surface area (Å²) in [5.41, 5.74) is 5.60. The molecule has 0 N–H and O–H groups in total. The molecule has 2 aromatic heterocycles. The van der Waals surface area contributed by atoms with Crippen molar-refractivity contribution in [2.24, 2.45) is 0 Å². The van der Waals surface area contributed by atoms with Gasteiger partial charge in [-0.15, -0.1) is 0 Å². The Labute approximate surface area is 238 Å². The number of aromatic nitrogens is 2. The molecule has 0 unspecified atom stereocenters. The first kappa shape index (κ1) is 26.8. The molecule has 4 aromatic carbocycles. The van der Waals surface area contributed by atoms with Crippen LogP contribution in [0.5, 0.6) is 0 Å². The highest BCUT2D eigenvalue weighted by Gasteiger charge is 2.14. The highest BCUT2D eigenvalue weighted by atomic mass is 79.9. The van der Waals surface area contributed by atoms with Gasteiger partial charge in [-0.1, -0.05) is 60.7 Å². The van der Waals surface area contributed by atoms with E-state index in [0.717, 1.165) is 44.9 Å². The number of hydrogen-bond donors (Lipinski definition) is 0. The topological polar surface area (TPSA) is 96.1 Å². The summed E-state index contributed by atoms with van der Waals surface area (Å²) in [6.07, 6.45) is 3.93. The van der Waals surface area contributed by atoms with Gasteiger partial charge in [0, 0.05) is 65.0 Å². The van der Waals surface area contributed by atoms with Crippen molar-refractivity contribution in [3.05, 3.63) is 151 Å². The van der Waals surface area contributed by atoms with Gasteiger partial charge in [0.15, 0.2) is 0 Å². The maximum absolute atomic E-state index is 10.9. The molecule has 6 aromatic rings. The van der Waals surface area contributed by atoms with Crippen molar-refractivity contribution in [3.63, 3.8) is 0 Å². The fourth-order valence-corrected chi connectivity index (χ4v) is 5.56. The SMILES string of the molecule is Cc1cc([N+](=O)[O-])cc2ccn(Cc3ccccc3)c12.O=[N+]([O-])c1cc(Br)c2c(ccn2Cc2ccccc2)c1. The molecular weight excluding hydrogens is 572 g/mol. The van der Waals surface area contributed by atoms with Gasteiger partial charge in [-0.2, -0.15) is 0 Å². The molecule has 0 saturated heterocycles. The molecule has 0 aliphatic rings. The Kier molecular flexibility index (Phi) is 7.75. The zero-order valence-electron chi connectivity index (χ0n) is 21.6. The molecule has 0 radical (unpaired) electrons. The van der Waals surface area contributed by atoms with E-state index in [2.05, 4.69) is 49.3 Å². The molecular formula is C31H25BrN4O4.